The van der Waals surface area contributed by atoms with Crippen LogP contribution in [-0.4, -0.2) is 9.97 Å². The van der Waals surface area contributed by atoms with Crippen molar-refractivity contribution in [3.63, 3.8) is 0 Å². The van der Waals surface area contributed by atoms with Gasteiger partial charge in [0.25, 0.3) is 0 Å². The summed E-state index contributed by atoms with van der Waals surface area (Å²) < 4.78 is 0. The van der Waals surface area contributed by atoms with Crippen LogP contribution in [0.2, 0.25) is 0 Å². The third-order valence-electron chi connectivity index (χ3n) is 10.2. The molecule has 1 atom stereocenters. The SMILES string of the molecule is C/C=C1\c2cc3[n-]c(cc4nc(cc5[n-]c(c6c(n2)C1(CC)CC=C6)c(CC)c5CC)C(CC)=C4CC)c(CC)c3CC.[Ni+2]. The predicted molar refractivity (Wildman–Crippen MR) is 183 cm³/mol. The van der Waals surface area contributed by atoms with E-state index in [0.717, 1.165) is 90.5 Å². The Bertz CT molecular complexity index is 1860. The van der Waals surface area contributed by atoms with E-state index in [-0.39, 0.29) is 21.9 Å². The molecule has 8 bridgehead atoms. The van der Waals surface area contributed by atoms with Gasteiger partial charge < -0.3 is 9.97 Å². The summed E-state index contributed by atoms with van der Waals surface area (Å²) in [6, 6.07) is 6.79. The fourth-order valence-electron chi connectivity index (χ4n) is 8.13. The van der Waals surface area contributed by atoms with Crippen LogP contribution in [0.5, 0.6) is 0 Å². The maximum atomic E-state index is 5.50. The second-order valence-electron chi connectivity index (χ2n) is 12.0. The summed E-state index contributed by atoms with van der Waals surface area (Å²) in [5.74, 6) is 0. The summed E-state index contributed by atoms with van der Waals surface area (Å²) in [5, 5.41) is 0. The Morgan fingerprint density at radius 2 is 1.20 bits per heavy atom. The molecule has 5 heteroatoms. The van der Waals surface area contributed by atoms with Gasteiger partial charge in [0.05, 0.1) is 22.8 Å². The molecule has 0 amide bonds. The number of rotatable bonds is 7. The van der Waals surface area contributed by atoms with Crippen molar-refractivity contribution in [2.45, 2.75) is 112 Å². The first-order chi connectivity index (χ1) is 20.9. The number of fused-ring (bicyclic) bond motifs is 8. The van der Waals surface area contributed by atoms with Gasteiger partial charge in [-0.3, -0.25) is 4.98 Å². The number of allylic oxidation sites excluding steroid dienone is 5. The molecule has 0 saturated heterocycles. The molecule has 3 aromatic rings. The van der Waals surface area contributed by atoms with Crippen LogP contribution in [0.4, 0.5) is 0 Å². The van der Waals surface area contributed by atoms with Crippen LogP contribution in [0.15, 0.2) is 30.4 Å². The monoisotopic (exact) mass is 628 g/mol. The molecule has 232 valence electrons. The van der Waals surface area contributed by atoms with Crippen molar-refractivity contribution < 1.29 is 16.5 Å². The smallest absolute Gasteiger partial charge is 0.657 e. The summed E-state index contributed by atoms with van der Waals surface area (Å²) in [6.07, 6.45) is 14.6. The normalized spacial score (nSPS) is 18.3. The molecular formula is C39H46N4Ni. The van der Waals surface area contributed by atoms with Crippen LogP contribution in [0.3, 0.4) is 0 Å². The van der Waals surface area contributed by atoms with Gasteiger partial charge in [0.2, 0.25) is 0 Å². The van der Waals surface area contributed by atoms with E-state index in [1.807, 2.05) is 0 Å². The Morgan fingerprint density at radius 1 is 0.682 bits per heavy atom. The van der Waals surface area contributed by atoms with Crippen LogP contribution in [0, 0.1) is 0 Å². The fraction of sp³-hybridized carbons (Fsp3) is 0.436. The minimum absolute atomic E-state index is 0. The van der Waals surface area contributed by atoms with Crippen LogP contribution >= 0.6 is 0 Å². The number of hydrogen-bond donors (Lipinski definition) is 0. The van der Waals surface area contributed by atoms with Crippen molar-refractivity contribution in [1.29, 1.82) is 0 Å². The number of hydrogen-bond acceptors (Lipinski definition) is 2. The Morgan fingerprint density at radius 3 is 1.70 bits per heavy atom. The van der Waals surface area contributed by atoms with E-state index < -0.39 is 0 Å². The Labute approximate surface area is 273 Å². The average molecular weight is 630 g/mol. The van der Waals surface area contributed by atoms with Crippen LogP contribution < -0.4 is 9.97 Å². The fourth-order valence-corrected chi connectivity index (χ4v) is 8.13. The topological polar surface area (TPSA) is 54.0 Å². The molecule has 0 fully saturated rings. The zero-order valence-electron chi connectivity index (χ0n) is 27.7. The largest absolute Gasteiger partial charge is 2.00 e. The predicted octanol–water partition coefficient (Wildman–Crippen LogP) is 9.72. The van der Waals surface area contributed by atoms with Crippen molar-refractivity contribution in [3.8, 4) is 0 Å². The van der Waals surface area contributed by atoms with E-state index in [4.69, 9.17) is 19.9 Å². The Kier molecular flexibility index (Phi) is 9.29. The molecule has 1 aliphatic carbocycles. The molecule has 44 heavy (non-hydrogen) atoms. The molecule has 0 radical (unpaired) electrons. The van der Waals surface area contributed by atoms with Gasteiger partial charge >= 0.3 is 16.5 Å². The Balaban J connectivity index is 0.00000384. The summed E-state index contributed by atoms with van der Waals surface area (Å²) in [5.41, 5.74) is 19.0. The molecule has 5 heterocycles. The molecule has 3 aromatic heterocycles. The van der Waals surface area contributed by atoms with Crippen LogP contribution in [0.25, 0.3) is 44.9 Å². The summed E-state index contributed by atoms with van der Waals surface area (Å²) >= 11 is 0. The number of aryl methyl sites for hydroxylation is 4. The summed E-state index contributed by atoms with van der Waals surface area (Å²) in [4.78, 5) is 21.6. The standard InChI is InChI=1S/C39H46N4.Ni/c1-9-23-24(10-2)33-21-35-27(13-5)28(14-6)37(42-35)29-18-17-19-39(16-8)30(15-7)36(43-38(29)39)22-34-26(12-4)25(11-3)32(41-34)20-31(23)40-33;/h15,17-18,20-22H,9-14,16,19H2,1-8H3;/q-2;+2/b30-15+,31-20?,32-20?,33-21?,34-22?,35-21?,36-22?,37-29?;. The average Bonchev–Trinajstić information content (AvgIpc) is 3.74. The van der Waals surface area contributed by atoms with Gasteiger partial charge in [0.15, 0.2) is 0 Å². The quantitative estimate of drug-likeness (QED) is 0.244. The van der Waals surface area contributed by atoms with Gasteiger partial charge in [-0.2, -0.15) is 0 Å². The minimum Gasteiger partial charge on any atom is -0.657 e. The van der Waals surface area contributed by atoms with Gasteiger partial charge in [0.1, 0.15) is 0 Å². The molecule has 0 saturated carbocycles. The van der Waals surface area contributed by atoms with Crippen molar-refractivity contribution in [2.75, 3.05) is 0 Å². The maximum absolute atomic E-state index is 5.50. The maximum Gasteiger partial charge on any atom is 2.00 e. The number of aromatic nitrogens is 4. The third-order valence-corrected chi connectivity index (χ3v) is 10.2. The van der Waals surface area contributed by atoms with Gasteiger partial charge in [-0.25, -0.2) is 4.98 Å². The first kappa shape index (κ1) is 32.2. The second-order valence-corrected chi connectivity index (χ2v) is 12.0. The van der Waals surface area contributed by atoms with E-state index >= 15 is 0 Å². The molecule has 0 N–H and O–H groups in total. The second kappa shape index (κ2) is 12.7. The van der Waals surface area contributed by atoms with Crippen molar-refractivity contribution in [3.05, 3.63) is 80.9 Å². The first-order valence-corrected chi connectivity index (χ1v) is 16.7. The first-order valence-electron chi connectivity index (χ1n) is 16.7. The van der Waals surface area contributed by atoms with Gasteiger partial charge in [0, 0.05) is 5.41 Å². The van der Waals surface area contributed by atoms with E-state index in [0.29, 0.717) is 0 Å². The van der Waals surface area contributed by atoms with Crippen LogP contribution in [-0.2, 0) is 47.6 Å². The molecule has 0 spiro atoms. The van der Waals surface area contributed by atoms with Gasteiger partial charge in [-0.05, 0) is 80.6 Å². The Hall–Kier alpha value is -3.17. The minimum atomic E-state index is -0.145. The van der Waals surface area contributed by atoms with Crippen molar-refractivity contribution >= 4 is 44.9 Å². The van der Waals surface area contributed by atoms with Crippen LogP contribution in [0.1, 0.15) is 132 Å². The summed E-state index contributed by atoms with van der Waals surface area (Å²) in [6.45, 7) is 18.0. The molecule has 0 aromatic carbocycles. The van der Waals surface area contributed by atoms with E-state index in [1.165, 1.54) is 50.2 Å². The van der Waals surface area contributed by atoms with Crippen molar-refractivity contribution in [2.24, 2.45) is 0 Å². The molecule has 1 unspecified atom stereocenters. The third kappa shape index (κ3) is 4.69. The zero-order chi connectivity index (χ0) is 30.5. The van der Waals surface area contributed by atoms with E-state index in [2.05, 4.69) is 91.8 Å². The van der Waals surface area contributed by atoms with Crippen molar-refractivity contribution in [1.82, 2.24) is 19.9 Å². The molecule has 6 rings (SSSR count). The molecule has 4 nitrogen and oxygen atoms in total. The van der Waals surface area contributed by atoms with Gasteiger partial charge in [-0.1, -0.05) is 107 Å². The number of nitrogens with zero attached hydrogens (tertiary/aromatic N) is 4. The molecule has 3 aliphatic rings. The molecule has 2 aliphatic heterocycles. The zero-order valence-corrected chi connectivity index (χ0v) is 28.7. The van der Waals surface area contributed by atoms with E-state index in [9.17, 15) is 0 Å². The van der Waals surface area contributed by atoms with E-state index in [1.54, 1.807) is 0 Å². The van der Waals surface area contributed by atoms with Gasteiger partial charge in [-0.15, -0.1) is 22.1 Å². The summed E-state index contributed by atoms with van der Waals surface area (Å²) in [7, 11) is 0. The molecular weight excluding hydrogens is 583 g/mol.